The average Bonchev–Trinajstić information content (AvgIpc) is 2.78. The number of anilines is 1. The van der Waals surface area contributed by atoms with Gasteiger partial charge in [0.25, 0.3) is 0 Å². The second kappa shape index (κ2) is 6.09. The fourth-order valence-electron chi connectivity index (χ4n) is 2.58. The fraction of sp³-hybridized carbons (Fsp3) is 0.176. The van der Waals surface area contributed by atoms with Crippen LogP contribution in [0.1, 0.15) is 17.6 Å². The Labute approximate surface area is 143 Å². The van der Waals surface area contributed by atoms with Crippen molar-refractivity contribution in [3.63, 3.8) is 0 Å². The van der Waals surface area contributed by atoms with E-state index in [2.05, 4.69) is 25.5 Å². The summed E-state index contributed by atoms with van der Waals surface area (Å²) in [6.45, 7) is 1.96. The molecule has 0 bridgehead atoms. The van der Waals surface area contributed by atoms with Crippen LogP contribution in [0.4, 0.5) is 5.69 Å². The molecule has 4 rings (SSSR count). The Balaban J connectivity index is 1.87. The molecular weight excluding hydrogens is 322 g/mol. The van der Waals surface area contributed by atoms with Crippen molar-refractivity contribution in [2.75, 3.05) is 11.6 Å². The molecule has 1 aliphatic rings. The number of pyridine rings is 1. The van der Waals surface area contributed by atoms with Crippen molar-refractivity contribution in [1.29, 1.82) is 0 Å². The molecule has 0 saturated heterocycles. The van der Waals surface area contributed by atoms with Gasteiger partial charge in [0, 0.05) is 16.9 Å². The maximum atomic E-state index is 6.12. The first kappa shape index (κ1) is 14.9. The van der Waals surface area contributed by atoms with E-state index < -0.39 is 6.23 Å². The van der Waals surface area contributed by atoms with Gasteiger partial charge in [-0.1, -0.05) is 36.0 Å². The van der Waals surface area contributed by atoms with Gasteiger partial charge in [0.1, 0.15) is 5.69 Å². The summed E-state index contributed by atoms with van der Waals surface area (Å²) in [6, 6.07) is 13.7. The maximum Gasteiger partial charge on any atom is 0.247 e. The zero-order chi connectivity index (χ0) is 16.5. The molecule has 1 aliphatic heterocycles. The summed E-state index contributed by atoms with van der Waals surface area (Å²) in [6.07, 6.45) is 1.46. The highest BCUT2D eigenvalue weighted by molar-refractivity contribution is 7.98. The molecule has 3 aromatic rings. The second-order valence-electron chi connectivity index (χ2n) is 5.34. The quantitative estimate of drug-likeness (QED) is 0.718. The first-order chi connectivity index (χ1) is 11.7. The highest BCUT2D eigenvalue weighted by Gasteiger charge is 2.26. The summed E-state index contributed by atoms with van der Waals surface area (Å²) in [4.78, 5) is 9.06. The predicted octanol–water partition coefficient (Wildman–Crippen LogP) is 3.47. The monoisotopic (exact) mass is 337 g/mol. The van der Waals surface area contributed by atoms with Gasteiger partial charge in [-0.05, 0) is 31.4 Å². The molecule has 0 fully saturated rings. The van der Waals surface area contributed by atoms with E-state index in [4.69, 9.17) is 4.74 Å². The Morgan fingerprint density at radius 1 is 1.04 bits per heavy atom. The lowest BCUT2D eigenvalue weighted by Gasteiger charge is -2.18. The van der Waals surface area contributed by atoms with Crippen molar-refractivity contribution < 1.29 is 4.74 Å². The van der Waals surface area contributed by atoms with Crippen LogP contribution in [0.2, 0.25) is 0 Å². The fourth-order valence-corrected chi connectivity index (χ4v) is 2.87. The summed E-state index contributed by atoms with van der Waals surface area (Å²) in [5.74, 6) is 0.458. The summed E-state index contributed by atoms with van der Waals surface area (Å²) < 4.78 is 6.12. The van der Waals surface area contributed by atoms with E-state index in [9.17, 15) is 0 Å². The van der Waals surface area contributed by atoms with Gasteiger partial charge in [-0.25, -0.2) is 0 Å². The van der Waals surface area contributed by atoms with Gasteiger partial charge in [-0.3, -0.25) is 4.98 Å². The Kier molecular flexibility index (Phi) is 3.78. The van der Waals surface area contributed by atoms with Crippen LogP contribution < -0.4 is 10.1 Å². The van der Waals surface area contributed by atoms with Crippen molar-refractivity contribution in [3.8, 4) is 17.1 Å². The topological polar surface area (TPSA) is 72.8 Å². The van der Waals surface area contributed by atoms with Gasteiger partial charge in [0.2, 0.25) is 17.3 Å². The number of aromatic nitrogens is 4. The third-order valence-electron chi connectivity index (χ3n) is 3.69. The molecule has 0 saturated carbocycles. The molecular formula is C17H15N5OS. The standard InChI is InChI=1S/C17H15N5OS/c1-10-6-5-9-13(18-10)15-19-12-8-4-3-7-11(12)14-16(23-15)20-17(24-2)22-21-14/h3-9,15,19H,1-2H3/t15-/m0/s1. The van der Waals surface area contributed by atoms with E-state index in [0.29, 0.717) is 16.7 Å². The third-order valence-corrected chi connectivity index (χ3v) is 4.23. The molecule has 2 aromatic heterocycles. The Morgan fingerprint density at radius 3 is 2.75 bits per heavy atom. The largest absolute Gasteiger partial charge is 0.446 e. The number of ether oxygens (including phenoxy) is 1. The summed E-state index contributed by atoms with van der Waals surface area (Å²) in [7, 11) is 0. The molecule has 0 radical (unpaired) electrons. The molecule has 0 spiro atoms. The number of benzene rings is 1. The number of hydrogen-bond acceptors (Lipinski definition) is 7. The minimum Gasteiger partial charge on any atom is -0.446 e. The minimum absolute atomic E-state index is 0.446. The van der Waals surface area contributed by atoms with E-state index in [-0.39, 0.29) is 0 Å². The van der Waals surface area contributed by atoms with Crippen LogP contribution in [-0.4, -0.2) is 26.4 Å². The van der Waals surface area contributed by atoms with Crippen LogP contribution in [0.5, 0.6) is 5.88 Å². The van der Waals surface area contributed by atoms with Crippen LogP contribution >= 0.6 is 11.8 Å². The van der Waals surface area contributed by atoms with E-state index >= 15 is 0 Å². The van der Waals surface area contributed by atoms with E-state index in [1.807, 2.05) is 55.6 Å². The van der Waals surface area contributed by atoms with Gasteiger partial charge < -0.3 is 10.1 Å². The van der Waals surface area contributed by atoms with Crippen molar-refractivity contribution in [1.82, 2.24) is 20.2 Å². The van der Waals surface area contributed by atoms with Gasteiger partial charge >= 0.3 is 0 Å². The molecule has 3 heterocycles. The lowest BCUT2D eigenvalue weighted by molar-refractivity contribution is 0.220. The number of fused-ring (bicyclic) bond motifs is 3. The Bertz CT molecular complexity index is 902. The van der Waals surface area contributed by atoms with Crippen LogP contribution in [0.15, 0.2) is 47.6 Å². The van der Waals surface area contributed by atoms with Gasteiger partial charge in [-0.15, -0.1) is 10.2 Å². The first-order valence-corrected chi connectivity index (χ1v) is 8.72. The van der Waals surface area contributed by atoms with E-state index in [1.54, 1.807) is 0 Å². The maximum absolute atomic E-state index is 6.12. The van der Waals surface area contributed by atoms with Crippen molar-refractivity contribution in [2.45, 2.75) is 18.3 Å². The van der Waals surface area contributed by atoms with Gasteiger partial charge in [-0.2, -0.15) is 4.98 Å². The number of hydrogen-bond donors (Lipinski definition) is 1. The minimum atomic E-state index is -0.446. The molecule has 1 atom stereocenters. The summed E-state index contributed by atoms with van der Waals surface area (Å²) >= 11 is 1.43. The van der Waals surface area contributed by atoms with Crippen molar-refractivity contribution in [2.24, 2.45) is 0 Å². The van der Waals surface area contributed by atoms with Crippen LogP contribution in [0, 0.1) is 6.92 Å². The number of nitrogens with one attached hydrogen (secondary N) is 1. The van der Waals surface area contributed by atoms with Crippen molar-refractivity contribution >= 4 is 17.4 Å². The predicted molar refractivity (Wildman–Crippen MR) is 93.0 cm³/mol. The molecule has 1 aromatic carbocycles. The van der Waals surface area contributed by atoms with Crippen molar-refractivity contribution in [3.05, 3.63) is 53.9 Å². The van der Waals surface area contributed by atoms with Gasteiger partial charge in [0.05, 0.1) is 0 Å². The average molecular weight is 337 g/mol. The molecule has 120 valence electrons. The van der Waals surface area contributed by atoms with Crippen LogP contribution in [0.25, 0.3) is 11.3 Å². The lowest BCUT2D eigenvalue weighted by Crippen LogP contribution is -2.18. The smallest absolute Gasteiger partial charge is 0.247 e. The molecule has 0 amide bonds. The first-order valence-electron chi connectivity index (χ1n) is 7.49. The number of thioether (sulfide) groups is 1. The molecule has 6 nitrogen and oxygen atoms in total. The Hall–Kier alpha value is -2.67. The number of rotatable bonds is 2. The Morgan fingerprint density at radius 2 is 1.92 bits per heavy atom. The van der Waals surface area contributed by atoms with Crippen LogP contribution in [-0.2, 0) is 0 Å². The second-order valence-corrected chi connectivity index (χ2v) is 6.12. The summed E-state index contributed by atoms with van der Waals surface area (Å²) in [5.41, 5.74) is 4.18. The number of nitrogens with zero attached hydrogens (tertiary/aromatic N) is 4. The number of aryl methyl sites for hydroxylation is 1. The normalized spacial score (nSPS) is 15.5. The van der Waals surface area contributed by atoms with Crippen LogP contribution in [0.3, 0.4) is 0 Å². The van der Waals surface area contributed by atoms with Gasteiger partial charge in [0.15, 0.2) is 5.69 Å². The summed E-state index contributed by atoms with van der Waals surface area (Å²) in [5, 5.41) is 12.4. The SMILES string of the molecule is CSc1nnc2c(n1)O[C@@H](c1cccc(C)n1)Nc1ccccc1-2. The number of para-hydroxylation sites is 1. The molecule has 24 heavy (non-hydrogen) atoms. The molecule has 1 N–H and O–H groups in total. The molecule has 0 aliphatic carbocycles. The highest BCUT2D eigenvalue weighted by Crippen LogP contribution is 2.38. The highest BCUT2D eigenvalue weighted by atomic mass is 32.2. The zero-order valence-electron chi connectivity index (χ0n) is 13.2. The van der Waals surface area contributed by atoms with E-state index in [1.165, 1.54) is 11.8 Å². The zero-order valence-corrected chi connectivity index (χ0v) is 14.0. The lowest BCUT2D eigenvalue weighted by atomic mass is 10.1. The molecule has 7 heteroatoms. The molecule has 0 unspecified atom stereocenters. The third kappa shape index (κ3) is 2.67. The van der Waals surface area contributed by atoms with E-state index in [0.717, 1.165) is 22.6 Å².